The largest absolute Gasteiger partial charge is 0.338 e. The lowest BCUT2D eigenvalue weighted by molar-refractivity contribution is 0.979. The van der Waals surface area contributed by atoms with Crippen LogP contribution in [0.1, 0.15) is 22.4 Å². The standard InChI is InChI=1S/C20H18N6/c1-12-7-8-16(13(2)9-12)24-20-18(17-6-4-5-14(3)23-17)25-19-15(10-21)11-22-26(19)20/h4-9,11,22,24H,1-3H3. The fourth-order valence-electron chi connectivity index (χ4n) is 3.05. The predicted molar refractivity (Wildman–Crippen MR) is 101 cm³/mol. The zero-order valence-corrected chi connectivity index (χ0v) is 14.8. The van der Waals surface area contributed by atoms with Crippen molar-refractivity contribution in [2.45, 2.75) is 20.8 Å². The minimum atomic E-state index is 0.493. The van der Waals surface area contributed by atoms with E-state index in [0.717, 1.165) is 28.5 Å². The van der Waals surface area contributed by atoms with Gasteiger partial charge in [0.15, 0.2) is 11.5 Å². The van der Waals surface area contributed by atoms with Gasteiger partial charge in [0.25, 0.3) is 0 Å². The average Bonchev–Trinajstić information content (AvgIpc) is 3.17. The Labute approximate surface area is 151 Å². The molecule has 0 amide bonds. The molecular formula is C20H18N6. The van der Waals surface area contributed by atoms with Crippen LogP contribution in [0.5, 0.6) is 0 Å². The molecule has 0 aliphatic heterocycles. The van der Waals surface area contributed by atoms with E-state index in [1.807, 2.05) is 31.2 Å². The highest BCUT2D eigenvalue weighted by atomic mass is 15.3. The lowest BCUT2D eigenvalue weighted by atomic mass is 10.1. The first-order valence-electron chi connectivity index (χ1n) is 8.35. The molecule has 128 valence electrons. The van der Waals surface area contributed by atoms with Crippen molar-refractivity contribution in [1.29, 1.82) is 5.26 Å². The monoisotopic (exact) mass is 342 g/mol. The lowest BCUT2D eigenvalue weighted by Gasteiger charge is -2.11. The molecule has 0 saturated carbocycles. The second kappa shape index (κ2) is 6.05. The van der Waals surface area contributed by atoms with Crippen molar-refractivity contribution in [2.75, 3.05) is 5.32 Å². The first kappa shape index (κ1) is 15.9. The number of aromatic amines is 1. The molecule has 6 heteroatoms. The van der Waals surface area contributed by atoms with E-state index in [1.165, 1.54) is 5.56 Å². The average molecular weight is 342 g/mol. The molecule has 6 nitrogen and oxygen atoms in total. The van der Waals surface area contributed by atoms with E-state index in [0.29, 0.717) is 16.9 Å². The number of nitrogens with zero attached hydrogens (tertiary/aromatic N) is 4. The van der Waals surface area contributed by atoms with E-state index in [9.17, 15) is 5.26 Å². The van der Waals surface area contributed by atoms with Crippen LogP contribution in [0.4, 0.5) is 11.5 Å². The highest BCUT2D eigenvalue weighted by Gasteiger charge is 2.19. The van der Waals surface area contributed by atoms with Gasteiger partial charge >= 0.3 is 0 Å². The first-order chi connectivity index (χ1) is 12.6. The second-order valence-corrected chi connectivity index (χ2v) is 6.37. The van der Waals surface area contributed by atoms with Gasteiger partial charge in [-0.2, -0.15) is 5.26 Å². The Hall–Kier alpha value is -3.59. The number of H-pyrrole nitrogens is 1. The number of imidazole rings is 1. The van der Waals surface area contributed by atoms with Gasteiger partial charge in [0.05, 0.1) is 5.69 Å². The van der Waals surface area contributed by atoms with Crippen molar-refractivity contribution < 1.29 is 0 Å². The van der Waals surface area contributed by atoms with Gasteiger partial charge in [-0.05, 0) is 44.5 Å². The van der Waals surface area contributed by atoms with Crippen LogP contribution < -0.4 is 5.32 Å². The maximum absolute atomic E-state index is 9.34. The number of hydrogen-bond acceptors (Lipinski definition) is 4. The number of nitrogens with one attached hydrogen (secondary N) is 2. The Bertz CT molecular complexity index is 1160. The third kappa shape index (κ3) is 2.60. The van der Waals surface area contributed by atoms with Crippen molar-refractivity contribution in [1.82, 2.24) is 19.6 Å². The van der Waals surface area contributed by atoms with Crippen molar-refractivity contribution in [3.05, 3.63) is 65.0 Å². The zero-order chi connectivity index (χ0) is 18.3. The van der Waals surface area contributed by atoms with Gasteiger partial charge in [0, 0.05) is 17.6 Å². The molecule has 0 saturated heterocycles. The lowest BCUT2D eigenvalue weighted by Crippen LogP contribution is -2.00. The number of nitriles is 1. The summed E-state index contributed by atoms with van der Waals surface area (Å²) in [6, 6.07) is 14.2. The minimum absolute atomic E-state index is 0.493. The van der Waals surface area contributed by atoms with E-state index >= 15 is 0 Å². The molecule has 0 radical (unpaired) electrons. The number of aromatic nitrogens is 4. The molecule has 3 heterocycles. The topological polar surface area (TPSA) is 81.8 Å². The number of pyridine rings is 1. The third-order valence-corrected chi connectivity index (χ3v) is 4.34. The molecule has 0 atom stereocenters. The summed E-state index contributed by atoms with van der Waals surface area (Å²) < 4.78 is 1.79. The van der Waals surface area contributed by atoms with Gasteiger partial charge in [-0.15, -0.1) is 0 Å². The predicted octanol–water partition coefficient (Wildman–Crippen LogP) is 4.26. The number of benzene rings is 1. The van der Waals surface area contributed by atoms with E-state index in [4.69, 9.17) is 0 Å². The summed E-state index contributed by atoms with van der Waals surface area (Å²) in [5.41, 5.74) is 6.78. The SMILES string of the molecule is Cc1ccc(Nc2c(-c3cccc(C)n3)nc3c(C#N)c[nH]n23)c(C)c1. The van der Waals surface area contributed by atoms with E-state index in [1.54, 1.807) is 10.7 Å². The highest BCUT2D eigenvalue weighted by Crippen LogP contribution is 2.32. The molecule has 4 rings (SSSR count). The number of aryl methyl sites for hydroxylation is 3. The molecule has 0 bridgehead atoms. The van der Waals surface area contributed by atoms with E-state index < -0.39 is 0 Å². The van der Waals surface area contributed by atoms with Gasteiger partial charge < -0.3 is 5.32 Å². The fraction of sp³-hybridized carbons (Fsp3) is 0.150. The summed E-state index contributed by atoms with van der Waals surface area (Å²) >= 11 is 0. The Kier molecular flexibility index (Phi) is 3.70. The fourth-order valence-corrected chi connectivity index (χ4v) is 3.05. The molecule has 4 aromatic rings. The van der Waals surface area contributed by atoms with E-state index in [2.05, 4.69) is 52.4 Å². The Morgan fingerprint density at radius 2 is 1.96 bits per heavy atom. The van der Waals surface area contributed by atoms with Crippen LogP contribution in [0.2, 0.25) is 0 Å². The van der Waals surface area contributed by atoms with Gasteiger partial charge in [-0.3, -0.25) is 10.1 Å². The number of fused-ring (bicyclic) bond motifs is 1. The van der Waals surface area contributed by atoms with Crippen LogP contribution in [-0.4, -0.2) is 19.6 Å². The molecule has 0 unspecified atom stereocenters. The quantitative estimate of drug-likeness (QED) is 0.583. The van der Waals surface area contributed by atoms with Crippen LogP contribution in [0.3, 0.4) is 0 Å². The molecule has 2 N–H and O–H groups in total. The first-order valence-corrected chi connectivity index (χ1v) is 8.35. The molecule has 3 aromatic heterocycles. The van der Waals surface area contributed by atoms with Crippen molar-refractivity contribution in [3.8, 4) is 17.5 Å². The van der Waals surface area contributed by atoms with Crippen LogP contribution in [0.15, 0.2) is 42.6 Å². The zero-order valence-electron chi connectivity index (χ0n) is 14.8. The molecule has 0 fully saturated rings. The Morgan fingerprint density at radius 1 is 1.12 bits per heavy atom. The van der Waals surface area contributed by atoms with Gasteiger partial charge in [0.2, 0.25) is 0 Å². The maximum atomic E-state index is 9.34. The number of hydrogen-bond donors (Lipinski definition) is 2. The molecule has 0 aliphatic carbocycles. The third-order valence-electron chi connectivity index (χ3n) is 4.34. The summed E-state index contributed by atoms with van der Waals surface area (Å²) in [6.07, 6.45) is 1.66. The minimum Gasteiger partial charge on any atom is -0.338 e. The van der Waals surface area contributed by atoms with Gasteiger partial charge in [0.1, 0.15) is 17.3 Å². The molecule has 26 heavy (non-hydrogen) atoms. The van der Waals surface area contributed by atoms with Crippen molar-refractivity contribution >= 4 is 17.2 Å². The summed E-state index contributed by atoms with van der Waals surface area (Å²) in [5, 5.41) is 15.9. The normalized spacial score (nSPS) is 10.8. The molecule has 0 aliphatic rings. The van der Waals surface area contributed by atoms with Gasteiger partial charge in [-0.25, -0.2) is 9.50 Å². The number of anilines is 2. The van der Waals surface area contributed by atoms with Crippen molar-refractivity contribution in [3.63, 3.8) is 0 Å². The summed E-state index contributed by atoms with van der Waals surface area (Å²) in [7, 11) is 0. The van der Waals surface area contributed by atoms with Crippen LogP contribution in [0.25, 0.3) is 17.0 Å². The second-order valence-electron chi connectivity index (χ2n) is 6.37. The van der Waals surface area contributed by atoms with E-state index in [-0.39, 0.29) is 0 Å². The van der Waals surface area contributed by atoms with Crippen LogP contribution in [-0.2, 0) is 0 Å². The molecule has 0 spiro atoms. The maximum Gasteiger partial charge on any atom is 0.173 e. The highest BCUT2D eigenvalue weighted by molar-refractivity contribution is 5.80. The summed E-state index contributed by atoms with van der Waals surface area (Å²) in [4.78, 5) is 9.28. The van der Waals surface area contributed by atoms with Gasteiger partial charge in [-0.1, -0.05) is 23.8 Å². The Balaban J connectivity index is 1.92. The molecular weight excluding hydrogens is 324 g/mol. The van der Waals surface area contributed by atoms with Crippen LogP contribution in [0, 0.1) is 32.1 Å². The van der Waals surface area contributed by atoms with Crippen LogP contribution >= 0.6 is 0 Å². The molecule has 1 aromatic carbocycles. The summed E-state index contributed by atoms with van der Waals surface area (Å²) in [6.45, 7) is 6.08. The van der Waals surface area contributed by atoms with Crippen molar-refractivity contribution in [2.24, 2.45) is 0 Å². The smallest absolute Gasteiger partial charge is 0.173 e. The number of rotatable bonds is 3. The Morgan fingerprint density at radius 3 is 2.69 bits per heavy atom. The summed E-state index contributed by atoms with van der Waals surface area (Å²) in [5.74, 6) is 0.756.